The molecule has 2 aromatic rings. The molecule has 0 amide bonds. The topological polar surface area (TPSA) is 64.9 Å². The summed E-state index contributed by atoms with van der Waals surface area (Å²) in [6.45, 7) is 0.484. The first kappa shape index (κ1) is 10.8. The summed E-state index contributed by atoms with van der Waals surface area (Å²) in [6, 6.07) is 6.21. The largest absolute Gasteiger partial charge is 0.425 e. The molecule has 1 heterocycles. The van der Waals surface area contributed by atoms with Crippen molar-refractivity contribution in [2.75, 3.05) is 6.54 Å². The molecule has 0 spiro atoms. The van der Waals surface area contributed by atoms with Crippen LogP contribution in [0.4, 0.5) is 4.39 Å². The maximum atomic E-state index is 12.7. The van der Waals surface area contributed by atoms with Crippen LogP contribution in [0.2, 0.25) is 0 Å². The Kier molecular flexibility index (Phi) is 3.26. The van der Waals surface area contributed by atoms with E-state index in [0.29, 0.717) is 31.2 Å². The number of benzene rings is 1. The first-order valence-electron chi connectivity index (χ1n) is 5.03. The molecular weight excluding hydrogens is 209 g/mol. The molecule has 5 heteroatoms. The van der Waals surface area contributed by atoms with Crippen molar-refractivity contribution in [1.82, 2.24) is 10.2 Å². The summed E-state index contributed by atoms with van der Waals surface area (Å²) in [5, 5.41) is 7.74. The molecule has 2 N–H and O–H groups in total. The highest BCUT2D eigenvalue weighted by atomic mass is 19.1. The van der Waals surface area contributed by atoms with Gasteiger partial charge in [-0.25, -0.2) is 4.39 Å². The average molecular weight is 221 g/mol. The molecule has 0 saturated carbocycles. The van der Waals surface area contributed by atoms with Crippen LogP contribution in [0, 0.1) is 5.82 Å². The van der Waals surface area contributed by atoms with Gasteiger partial charge in [0.1, 0.15) is 5.82 Å². The standard InChI is InChI=1S/C11H12FN3O/c12-9-3-1-8(2-4-9)7-11-15-14-10(16-11)5-6-13/h1-4H,5-7,13H2. The second kappa shape index (κ2) is 4.85. The van der Waals surface area contributed by atoms with Crippen LogP contribution in [0.1, 0.15) is 17.3 Å². The summed E-state index contributed by atoms with van der Waals surface area (Å²) >= 11 is 0. The second-order valence-corrected chi connectivity index (χ2v) is 3.43. The Balaban J connectivity index is 2.05. The van der Waals surface area contributed by atoms with Gasteiger partial charge in [-0.1, -0.05) is 12.1 Å². The van der Waals surface area contributed by atoms with Gasteiger partial charge in [-0.05, 0) is 17.7 Å². The van der Waals surface area contributed by atoms with E-state index in [0.717, 1.165) is 5.56 Å². The Bertz CT molecular complexity index is 453. The molecule has 0 aliphatic carbocycles. The van der Waals surface area contributed by atoms with Crippen LogP contribution in [0.15, 0.2) is 28.7 Å². The van der Waals surface area contributed by atoms with Crippen molar-refractivity contribution < 1.29 is 8.81 Å². The summed E-state index contributed by atoms with van der Waals surface area (Å²) in [5.41, 5.74) is 6.30. The fourth-order valence-electron chi connectivity index (χ4n) is 1.36. The van der Waals surface area contributed by atoms with Crippen LogP contribution >= 0.6 is 0 Å². The van der Waals surface area contributed by atoms with E-state index in [4.69, 9.17) is 10.2 Å². The lowest BCUT2D eigenvalue weighted by Gasteiger charge is -1.96. The Labute approximate surface area is 92.3 Å². The van der Waals surface area contributed by atoms with Crippen LogP contribution in [0.5, 0.6) is 0 Å². The molecule has 0 atom stereocenters. The molecule has 1 aromatic carbocycles. The summed E-state index contributed by atoms with van der Waals surface area (Å²) in [6.07, 6.45) is 1.09. The molecule has 84 valence electrons. The zero-order valence-electron chi connectivity index (χ0n) is 8.69. The lowest BCUT2D eigenvalue weighted by Crippen LogP contribution is -2.02. The average Bonchev–Trinajstić information content (AvgIpc) is 2.70. The van der Waals surface area contributed by atoms with Crippen LogP contribution in [0.25, 0.3) is 0 Å². The van der Waals surface area contributed by atoms with Crippen molar-refractivity contribution in [3.63, 3.8) is 0 Å². The Morgan fingerprint density at radius 1 is 1.12 bits per heavy atom. The smallest absolute Gasteiger partial charge is 0.220 e. The second-order valence-electron chi connectivity index (χ2n) is 3.43. The van der Waals surface area contributed by atoms with Gasteiger partial charge < -0.3 is 10.2 Å². The van der Waals surface area contributed by atoms with Gasteiger partial charge >= 0.3 is 0 Å². The molecule has 0 aliphatic heterocycles. The number of rotatable bonds is 4. The maximum absolute atomic E-state index is 12.7. The highest BCUT2D eigenvalue weighted by Gasteiger charge is 2.06. The molecule has 2 rings (SSSR count). The van der Waals surface area contributed by atoms with Crippen LogP contribution in [-0.2, 0) is 12.8 Å². The summed E-state index contributed by atoms with van der Waals surface area (Å²) < 4.78 is 18.0. The van der Waals surface area contributed by atoms with Gasteiger partial charge in [0.25, 0.3) is 0 Å². The van der Waals surface area contributed by atoms with E-state index in [2.05, 4.69) is 10.2 Å². The number of nitrogens with two attached hydrogens (primary N) is 1. The Morgan fingerprint density at radius 3 is 2.50 bits per heavy atom. The predicted molar refractivity (Wildman–Crippen MR) is 56.3 cm³/mol. The van der Waals surface area contributed by atoms with Crippen molar-refractivity contribution in [2.24, 2.45) is 5.73 Å². The molecule has 0 fully saturated rings. The van der Waals surface area contributed by atoms with E-state index in [1.54, 1.807) is 12.1 Å². The minimum Gasteiger partial charge on any atom is -0.425 e. The minimum absolute atomic E-state index is 0.252. The Morgan fingerprint density at radius 2 is 1.81 bits per heavy atom. The van der Waals surface area contributed by atoms with Crippen LogP contribution in [-0.4, -0.2) is 16.7 Å². The number of hydrogen-bond donors (Lipinski definition) is 1. The predicted octanol–water partition coefficient (Wildman–Crippen LogP) is 1.30. The fraction of sp³-hybridized carbons (Fsp3) is 0.273. The van der Waals surface area contributed by atoms with Crippen LogP contribution < -0.4 is 5.73 Å². The third-order valence-electron chi connectivity index (χ3n) is 2.14. The van der Waals surface area contributed by atoms with E-state index >= 15 is 0 Å². The van der Waals surface area contributed by atoms with Gasteiger partial charge in [-0.3, -0.25) is 0 Å². The molecular formula is C11H12FN3O. The highest BCUT2D eigenvalue weighted by molar-refractivity contribution is 5.18. The number of hydrogen-bond acceptors (Lipinski definition) is 4. The molecule has 16 heavy (non-hydrogen) atoms. The molecule has 0 aliphatic rings. The van der Waals surface area contributed by atoms with E-state index in [1.165, 1.54) is 12.1 Å². The number of halogens is 1. The number of aromatic nitrogens is 2. The maximum Gasteiger partial charge on any atom is 0.220 e. The molecule has 0 saturated heterocycles. The van der Waals surface area contributed by atoms with Gasteiger partial charge in [-0.2, -0.15) is 0 Å². The highest BCUT2D eigenvalue weighted by Crippen LogP contribution is 2.09. The number of nitrogens with zero attached hydrogens (tertiary/aromatic N) is 2. The lowest BCUT2D eigenvalue weighted by molar-refractivity contribution is 0.458. The van der Waals surface area contributed by atoms with Crippen molar-refractivity contribution >= 4 is 0 Å². The molecule has 1 aromatic heterocycles. The van der Waals surface area contributed by atoms with Crippen molar-refractivity contribution in [3.8, 4) is 0 Å². The summed E-state index contributed by atoms with van der Waals surface area (Å²) in [4.78, 5) is 0. The summed E-state index contributed by atoms with van der Waals surface area (Å²) in [5.74, 6) is 0.813. The van der Waals surface area contributed by atoms with E-state index in [1.807, 2.05) is 0 Å². The van der Waals surface area contributed by atoms with E-state index in [9.17, 15) is 4.39 Å². The zero-order chi connectivity index (χ0) is 11.4. The Hall–Kier alpha value is -1.75. The van der Waals surface area contributed by atoms with Crippen LogP contribution in [0.3, 0.4) is 0 Å². The third kappa shape index (κ3) is 2.64. The first-order chi connectivity index (χ1) is 7.78. The SMILES string of the molecule is NCCc1nnc(Cc2ccc(F)cc2)o1. The first-order valence-corrected chi connectivity index (χ1v) is 5.03. The quantitative estimate of drug-likeness (QED) is 0.845. The normalized spacial score (nSPS) is 10.6. The molecule has 4 nitrogen and oxygen atoms in total. The third-order valence-corrected chi connectivity index (χ3v) is 2.14. The van der Waals surface area contributed by atoms with E-state index in [-0.39, 0.29) is 5.82 Å². The van der Waals surface area contributed by atoms with Gasteiger partial charge in [0.2, 0.25) is 11.8 Å². The fourth-order valence-corrected chi connectivity index (χ4v) is 1.36. The van der Waals surface area contributed by atoms with Gasteiger partial charge in [0, 0.05) is 13.0 Å². The van der Waals surface area contributed by atoms with Gasteiger partial charge in [0.15, 0.2) is 0 Å². The van der Waals surface area contributed by atoms with Crippen molar-refractivity contribution in [3.05, 3.63) is 47.4 Å². The monoisotopic (exact) mass is 221 g/mol. The molecule has 0 bridgehead atoms. The minimum atomic E-state index is -0.252. The molecule has 0 unspecified atom stereocenters. The molecule has 0 radical (unpaired) electrons. The van der Waals surface area contributed by atoms with Gasteiger partial charge in [0.05, 0.1) is 6.42 Å². The van der Waals surface area contributed by atoms with E-state index < -0.39 is 0 Å². The van der Waals surface area contributed by atoms with Gasteiger partial charge in [-0.15, -0.1) is 10.2 Å². The van der Waals surface area contributed by atoms with Crippen molar-refractivity contribution in [1.29, 1.82) is 0 Å². The summed E-state index contributed by atoms with van der Waals surface area (Å²) in [7, 11) is 0. The van der Waals surface area contributed by atoms with Crippen molar-refractivity contribution in [2.45, 2.75) is 12.8 Å². The lowest BCUT2D eigenvalue weighted by atomic mass is 10.1. The zero-order valence-corrected chi connectivity index (χ0v) is 8.69.